The highest BCUT2D eigenvalue weighted by atomic mass is 16.1. The van der Waals surface area contributed by atoms with Crippen LogP contribution in [0.15, 0.2) is 11.1 Å². The Morgan fingerprint density at radius 2 is 2.14 bits per heavy atom. The Morgan fingerprint density at radius 1 is 1.50 bits per heavy atom. The molecule has 0 unspecified atom stereocenters. The SMILES string of the molecule is CC1(C)CCC(n2nc[nH]c2=O)CC1. The number of rotatable bonds is 1. The summed E-state index contributed by atoms with van der Waals surface area (Å²) in [5.74, 6) is 0. The molecule has 14 heavy (non-hydrogen) atoms. The molecule has 1 heterocycles. The maximum Gasteiger partial charge on any atom is 0.343 e. The molecule has 0 saturated heterocycles. The molecule has 0 atom stereocenters. The van der Waals surface area contributed by atoms with Gasteiger partial charge in [0.25, 0.3) is 0 Å². The number of nitrogens with one attached hydrogen (secondary N) is 1. The molecule has 0 bridgehead atoms. The molecule has 0 aliphatic heterocycles. The fourth-order valence-corrected chi connectivity index (χ4v) is 2.15. The van der Waals surface area contributed by atoms with E-state index in [1.807, 2.05) is 0 Å². The van der Waals surface area contributed by atoms with E-state index in [1.54, 1.807) is 4.68 Å². The van der Waals surface area contributed by atoms with Gasteiger partial charge in [-0.2, -0.15) is 5.10 Å². The maximum absolute atomic E-state index is 11.3. The van der Waals surface area contributed by atoms with Crippen molar-refractivity contribution in [2.45, 2.75) is 45.6 Å². The van der Waals surface area contributed by atoms with Crippen LogP contribution in [-0.2, 0) is 0 Å². The number of nitrogens with zero attached hydrogens (tertiary/aromatic N) is 2. The van der Waals surface area contributed by atoms with Gasteiger partial charge in [-0.05, 0) is 31.1 Å². The molecule has 0 radical (unpaired) electrons. The smallest absolute Gasteiger partial charge is 0.295 e. The zero-order valence-electron chi connectivity index (χ0n) is 8.79. The molecule has 1 aromatic rings. The Balaban J connectivity index is 2.10. The quantitative estimate of drug-likeness (QED) is 0.741. The normalized spacial score (nSPS) is 22.4. The molecule has 2 rings (SSSR count). The van der Waals surface area contributed by atoms with E-state index >= 15 is 0 Å². The third-order valence-corrected chi connectivity index (χ3v) is 3.23. The van der Waals surface area contributed by atoms with Crippen molar-refractivity contribution in [1.29, 1.82) is 0 Å². The first-order chi connectivity index (χ1) is 6.58. The van der Waals surface area contributed by atoms with Crippen molar-refractivity contribution >= 4 is 0 Å². The van der Waals surface area contributed by atoms with Gasteiger partial charge in [0.1, 0.15) is 6.33 Å². The van der Waals surface area contributed by atoms with Crippen LogP contribution in [0.1, 0.15) is 45.6 Å². The van der Waals surface area contributed by atoms with E-state index in [4.69, 9.17) is 0 Å². The maximum atomic E-state index is 11.3. The van der Waals surface area contributed by atoms with Gasteiger partial charge in [-0.1, -0.05) is 13.8 Å². The van der Waals surface area contributed by atoms with Crippen LogP contribution in [-0.4, -0.2) is 14.8 Å². The molecule has 1 N–H and O–H groups in total. The van der Waals surface area contributed by atoms with Crippen molar-refractivity contribution in [2.75, 3.05) is 0 Å². The summed E-state index contributed by atoms with van der Waals surface area (Å²) in [6.45, 7) is 4.58. The first-order valence-corrected chi connectivity index (χ1v) is 5.21. The molecule has 4 heteroatoms. The lowest BCUT2D eigenvalue weighted by Gasteiger charge is -2.33. The minimum atomic E-state index is -0.0743. The predicted octanol–water partition coefficient (Wildman–Crippen LogP) is 1.71. The second kappa shape index (κ2) is 3.26. The predicted molar refractivity (Wildman–Crippen MR) is 54.1 cm³/mol. The topological polar surface area (TPSA) is 50.7 Å². The van der Waals surface area contributed by atoms with Crippen LogP contribution in [0.5, 0.6) is 0 Å². The molecule has 0 aromatic carbocycles. The Labute approximate surface area is 83.3 Å². The van der Waals surface area contributed by atoms with Gasteiger partial charge in [0.05, 0.1) is 6.04 Å². The van der Waals surface area contributed by atoms with E-state index in [9.17, 15) is 4.79 Å². The molecule has 1 saturated carbocycles. The van der Waals surface area contributed by atoms with Crippen molar-refractivity contribution in [3.05, 3.63) is 16.8 Å². The highest BCUT2D eigenvalue weighted by Gasteiger charge is 2.28. The summed E-state index contributed by atoms with van der Waals surface area (Å²) in [5.41, 5.74) is 0.367. The largest absolute Gasteiger partial charge is 0.343 e. The van der Waals surface area contributed by atoms with E-state index in [1.165, 1.54) is 19.2 Å². The van der Waals surface area contributed by atoms with Gasteiger partial charge in [-0.3, -0.25) is 4.98 Å². The molecular formula is C10H17N3O. The first kappa shape index (κ1) is 9.49. The summed E-state index contributed by atoms with van der Waals surface area (Å²) in [5, 5.41) is 4.04. The Hall–Kier alpha value is -1.06. The summed E-state index contributed by atoms with van der Waals surface area (Å²) in [4.78, 5) is 13.9. The average molecular weight is 195 g/mol. The van der Waals surface area contributed by atoms with Gasteiger partial charge < -0.3 is 0 Å². The van der Waals surface area contributed by atoms with Gasteiger partial charge in [0, 0.05) is 0 Å². The van der Waals surface area contributed by atoms with Gasteiger partial charge in [-0.25, -0.2) is 9.48 Å². The van der Waals surface area contributed by atoms with E-state index in [2.05, 4.69) is 23.9 Å². The lowest BCUT2D eigenvalue weighted by Crippen LogP contribution is -2.29. The standard InChI is InChI=1S/C10H17N3O/c1-10(2)5-3-8(4-6-10)13-9(14)11-7-12-13/h7-8H,3-6H2,1-2H3,(H,11,12,14). The Kier molecular flexibility index (Phi) is 2.21. The van der Waals surface area contributed by atoms with Crippen molar-refractivity contribution in [3.63, 3.8) is 0 Å². The van der Waals surface area contributed by atoms with Crippen molar-refractivity contribution in [2.24, 2.45) is 5.41 Å². The minimum Gasteiger partial charge on any atom is -0.295 e. The van der Waals surface area contributed by atoms with Crippen LogP contribution < -0.4 is 5.69 Å². The third-order valence-electron chi connectivity index (χ3n) is 3.23. The molecule has 0 amide bonds. The number of hydrogen-bond acceptors (Lipinski definition) is 2. The lowest BCUT2D eigenvalue weighted by atomic mass is 9.76. The molecule has 1 aliphatic rings. The van der Waals surface area contributed by atoms with E-state index in [0.717, 1.165) is 12.8 Å². The van der Waals surface area contributed by atoms with Crippen LogP contribution in [0.3, 0.4) is 0 Å². The van der Waals surface area contributed by atoms with Crippen molar-refractivity contribution in [3.8, 4) is 0 Å². The molecular weight excluding hydrogens is 178 g/mol. The molecule has 78 valence electrons. The van der Waals surface area contributed by atoms with Gasteiger partial charge in [0.2, 0.25) is 0 Å². The van der Waals surface area contributed by atoms with E-state index in [0.29, 0.717) is 11.5 Å². The van der Waals surface area contributed by atoms with Crippen molar-refractivity contribution < 1.29 is 0 Å². The summed E-state index contributed by atoms with van der Waals surface area (Å²) in [7, 11) is 0. The fraction of sp³-hybridized carbons (Fsp3) is 0.800. The lowest BCUT2D eigenvalue weighted by molar-refractivity contribution is 0.183. The monoisotopic (exact) mass is 195 g/mol. The average Bonchev–Trinajstić information content (AvgIpc) is 2.52. The van der Waals surface area contributed by atoms with Crippen LogP contribution >= 0.6 is 0 Å². The van der Waals surface area contributed by atoms with Gasteiger partial charge in [0.15, 0.2) is 0 Å². The first-order valence-electron chi connectivity index (χ1n) is 5.21. The number of aromatic nitrogens is 3. The highest BCUT2D eigenvalue weighted by molar-refractivity contribution is 4.81. The summed E-state index contributed by atoms with van der Waals surface area (Å²) >= 11 is 0. The second-order valence-electron chi connectivity index (χ2n) is 4.93. The molecule has 4 nitrogen and oxygen atoms in total. The van der Waals surface area contributed by atoms with Crippen LogP contribution in [0, 0.1) is 5.41 Å². The number of H-pyrrole nitrogens is 1. The Morgan fingerprint density at radius 3 is 2.64 bits per heavy atom. The highest BCUT2D eigenvalue weighted by Crippen LogP contribution is 2.39. The molecule has 0 spiro atoms. The summed E-state index contributed by atoms with van der Waals surface area (Å²) in [6.07, 6.45) is 5.96. The second-order valence-corrected chi connectivity index (χ2v) is 4.93. The number of hydrogen-bond donors (Lipinski definition) is 1. The van der Waals surface area contributed by atoms with Crippen molar-refractivity contribution in [1.82, 2.24) is 14.8 Å². The zero-order chi connectivity index (χ0) is 10.2. The van der Waals surface area contributed by atoms with Crippen LogP contribution in [0.2, 0.25) is 0 Å². The summed E-state index contributed by atoms with van der Waals surface area (Å²) < 4.78 is 1.59. The van der Waals surface area contributed by atoms with E-state index < -0.39 is 0 Å². The van der Waals surface area contributed by atoms with Crippen LogP contribution in [0.4, 0.5) is 0 Å². The molecule has 1 aliphatic carbocycles. The van der Waals surface area contributed by atoms with Crippen LogP contribution in [0.25, 0.3) is 0 Å². The number of aromatic amines is 1. The molecule has 1 aromatic heterocycles. The molecule has 1 fully saturated rings. The van der Waals surface area contributed by atoms with Gasteiger partial charge in [-0.15, -0.1) is 0 Å². The minimum absolute atomic E-state index is 0.0743. The Bertz CT molecular complexity index is 353. The fourth-order valence-electron chi connectivity index (χ4n) is 2.15. The van der Waals surface area contributed by atoms with E-state index in [-0.39, 0.29) is 5.69 Å². The van der Waals surface area contributed by atoms with Gasteiger partial charge >= 0.3 is 5.69 Å². The third kappa shape index (κ3) is 1.74. The summed E-state index contributed by atoms with van der Waals surface area (Å²) in [6, 6.07) is 0.307. The zero-order valence-corrected chi connectivity index (χ0v) is 8.79.